The van der Waals surface area contributed by atoms with Crippen molar-refractivity contribution in [2.75, 3.05) is 0 Å². The second-order valence-electron chi connectivity index (χ2n) is 4.19. The van der Waals surface area contributed by atoms with Gasteiger partial charge in [-0.05, 0) is 37.1 Å². The number of halogens is 1. The molecule has 0 saturated carbocycles. The van der Waals surface area contributed by atoms with Crippen molar-refractivity contribution >= 4 is 23.4 Å². The lowest BCUT2D eigenvalue weighted by molar-refractivity contribution is 1.34. The Morgan fingerprint density at radius 1 is 1.00 bits per heavy atom. The van der Waals surface area contributed by atoms with E-state index in [9.17, 15) is 0 Å². The summed E-state index contributed by atoms with van der Waals surface area (Å²) in [6.45, 7) is 4.13. The van der Waals surface area contributed by atoms with Crippen LogP contribution in [0.5, 0.6) is 0 Å². The highest BCUT2D eigenvalue weighted by atomic mass is 35.5. The van der Waals surface area contributed by atoms with Crippen LogP contribution in [0.1, 0.15) is 16.7 Å². The largest absolute Gasteiger partial charge is 0.121 e. The molecule has 0 spiro atoms. The summed E-state index contributed by atoms with van der Waals surface area (Å²) < 4.78 is 0. The van der Waals surface area contributed by atoms with E-state index in [1.807, 2.05) is 24.8 Å². The Morgan fingerprint density at radius 2 is 1.71 bits per heavy atom. The molecule has 88 valence electrons. The van der Waals surface area contributed by atoms with Gasteiger partial charge in [0.05, 0.1) is 0 Å². The van der Waals surface area contributed by atoms with E-state index < -0.39 is 0 Å². The van der Waals surface area contributed by atoms with Crippen molar-refractivity contribution in [1.82, 2.24) is 0 Å². The molecule has 0 unspecified atom stereocenters. The van der Waals surface area contributed by atoms with Gasteiger partial charge in [-0.2, -0.15) is 0 Å². The lowest BCUT2D eigenvalue weighted by atomic mass is 10.2. The first-order chi connectivity index (χ1) is 8.15. The first-order valence-corrected chi connectivity index (χ1v) is 6.96. The van der Waals surface area contributed by atoms with Gasteiger partial charge in [0.2, 0.25) is 0 Å². The monoisotopic (exact) mass is 262 g/mol. The molecule has 0 bridgehead atoms. The summed E-state index contributed by atoms with van der Waals surface area (Å²) in [6.07, 6.45) is 0. The highest BCUT2D eigenvalue weighted by molar-refractivity contribution is 7.98. The van der Waals surface area contributed by atoms with Crippen LogP contribution < -0.4 is 0 Å². The zero-order valence-electron chi connectivity index (χ0n) is 10.0. The predicted octanol–water partition coefficient (Wildman–Crippen LogP) is 5.25. The molecule has 0 amide bonds. The molecular weight excluding hydrogens is 248 g/mol. The Hall–Kier alpha value is -0.920. The maximum Gasteiger partial charge on any atom is 0.0446 e. The number of rotatable bonds is 3. The summed E-state index contributed by atoms with van der Waals surface area (Å²) in [4.78, 5) is 1.22. The van der Waals surface area contributed by atoms with Gasteiger partial charge in [0, 0.05) is 15.7 Å². The van der Waals surface area contributed by atoms with Crippen molar-refractivity contribution < 1.29 is 0 Å². The number of aryl methyl sites for hydroxylation is 2. The second-order valence-corrected chi connectivity index (χ2v) is 5.64. The van der Waals surface area contributed by atoms with E-state index in [2.05, 4.69) is 43.3 Å². The molecule has 0 radical (unpaired) electrons. The number of hydrogen-bond acceptors (Lipinski definition) is 1. The molecule has 0 nitrogen and oxygen atoms in total. The third-order valence-electron chi connectivity index (χ3n) is 2.67. The SMILES string of the molecule is Cc1ccc(CSc2ccc(C)c(Cl)c2)cc1. The molecule has 0 saturated heterocycles. The van der Waals surface area contributed by atoms with Crippen LogP contribution in [0.25, 0.3) is 0 Å². The minimum atomic E-state index is 0.846. The van der Waals surface area contributed by atoms with Gasteiger partial charge in [0.25, 0.3) is 0 Å². The van der Waals surface area contributed by atoms with Gasteiger partial charge in [-0.3, -0.25) is 0 Å². The van der Waals surface area contributed by atoms with E-state index in [-0.39, 0.29) is 0 Å². The molecule has 0 aliphatic carbocycles. The van der Waals surface area contributed by atoms with Crippen LogP contribution in [0.2, 0.25) is 5.02 Å². The standard InChI is InChI=1S/C15H15ClS/c1-11-3-6-13(7-4-11)10-17-14-8-5-12(2)15(16)9-14/h3-9H,10H2,1-2H3. The summed E-state index contributed by atoms with van der Waals surface area (Å²) in [6, 6.07) is 14.9. The molecule has 2 aromatic rings. The maximum absolute atomic E-state index is 6.10. The topological polar surface area (TPSA) is 0 Å². The van der Waals surface area contributed by atoms with E-state index in [0.29, 0.717) is 0 Å². The van der Waals surface area contributed by atoms with E-state index in [1.54, 1.807) is 0 Å². The van der Waals surface area contributed by atoms with Crippen LogP contribution in [-0.4, -0.2) is 0 Å². The number of thioether (sulfide) groups is 1. The molecule has 0 aromatic heterocycles. The lowest BCUT2D eigenvalue weighted by Gasteiger charge is -2.04. The van der Waals surface area contributed by atoms with Crippen molar-refractivity contribution in [3.05, 3.63) is 64.2 Å². The molecule has 17 heavy (non-hydrogen) atoms. The molecular formula is C15H15ClS. The van der Waals surface area contributed by atoms with E-state index >= 15 is 0 Å². The summed E-state index contributed by atoms with van der Waals surface area (Å²) in [5, 5.41) is 0.846. The quantitative estimate of drug-likeness (QED) is 0.681. The average Bonchev–Trinajstić information content (AvgIpc) is 2.33. The van der Waals surface area contributed by atoms with E-state index in [4.69, 9.17) is 11.6 Å². The highest BCUT2D eigenvalue weighted by Gasteiger charge is 1.99. The molecule has 0 fully saturated rings. The van der Waals surface area contributed by atoms with Crippen LogP contribution >= 0.6 is 23.4 Å². The highest BCUT2D eigenvalue weighted by Crippen LogP contribution is 2.27. The summed E-state index contributed by atoms with van der Waals surface area (Å²) in [5.74, 6) is 0.986. The van der Waals surface area contributed by atoms with Gasteiger partial charge in [-0.25, -0.2) is 0 Å². The molecule has 0 aliphatic rings. The fraction of sp³-hybridized carbons (Fsp3) is 0.200. The Balaban J connectivity index is 2.02. The van der Waals surface area contributed by atoms with Gasteiger partial charge >= 0.3 is 0 Å². The number of benzene rings is 2. The fourth-order valence-corrected chi connectivity index (χ4v) is 2.65. The van der Waals surface area contributed by atoms with Gasteiger partial charge < -0.3 is 0 Å². The van der Waals surface area contributed by atoms with Crippen molar-refractivity contribution in [2.45, 2.75) is 24.5 Å². The first-order valence-electron chi connectivity index (χ1n) is 5.59. The zero-order valence-corrected chi connectivity index (χ0v) is 11.6. The van der Waals surface area contributed by atoms with Crippen LogP contribution in [0.3, 0.4) is 0 Å². The molecule has 2 rings (SSSR count). The zero-order chi connectivity index (χ0) is 12.3. The van der Waals surface area contributed by atoms with E-state index in [1.165, 1.54) is 16.0 Å². The maximum atomic E-state index is 6.10. The van der Waals surface area contributed by atoms with Gasteiger partial charge in [0.15, 0.2) is 0 Å². The predicted molar refractivity (Wildman–Crippen MR) is 76.9 cm³/mol. The van der Waals surface area contributed by atoms with Gasteiger partial charge in [-0.15, -0.1) is 11.8 Å². The summed E-state index contributed by atoms with van der Waals surface area (Å²) in [5.41, 5.74) is 3.78. The van der Waals surface area contributed by atoms with Crippen molar-refractivity contribution in [3.63, 3.8) is 0 Å². The molecule has 0 heterocycles. The molecule has 0 aliphatic heterocycles. The summed E-state index contributed by atoms with van der Waals surface area (Å²) >= 11 is 7.92. The van der Waals surface area contributed by atoms with Crippen molar-refractivity contribution in [1.29, 1.82) is 0 Å². The average molecular weight is 263 g/mol. The lowest BCUT2D eigenvalue weighted by Crippen LogP contribution is -1.82. The molecule has 0 N–H and O–H groups in total. The van der Waals surface area contributed by atoms with Gasteiger partial charge in [0.1, 0.15) is 0 Å². The van der Waals surface area contributed by atoms with Crippen LogP contribution in [0.4, 0.5) is 0 Å². The van der Waals surface area contributed by atoms with Crippen LogP contribution in [-0.2, 0) is 5.75 Å². The Labute approximate surface area is 112 Å². The van der Waals surface area contributed by atoms with Crippen molar-refractivity contribution in [2.24, 2.45) is 0 Å². The fourth-order valence-electron chi connectivity index (χ4n) is 1.51. The minimum absolute atomic E-state index is 0.846. The number of hydrogen-bond donors (Lipinski definition) is 0. The third-order valence-corrected chi connectivity index (χ3v) is 4.14. The van der Waals surface area contributed by atoms with Crippen molar-refractivity contribution in [3.8, 4) is 0 Å². The Kier molecular flexibility index (Phi) is 4.14. The Morgan fingerprint density at radius 3 is 2.35 bits per heavy atom. The Bertz CT molecular complexity index is 503. The normalized spacial score (nSPS) is 10.5. The molecule has 0 atom stereocenters. The van der Waals surface area contributed by atoms with Crippen LogP contribution in [0, 0.1) is 13.8 Å². The smallest absolute Gasteiger partial charge is 0.0446 e. The first kappa shape index (κ1) is 12.5. The third kappa shape index (κ3) is 3.52. The van der Waals surface area contributed by atoms with E-state index in [0.717, 1.165) is 16.3 Å². The molecule has 2 aromatic carbocycles. The molecule has 2 heteroatoms. The second kappa shape index (κ2) is 5.61. The summed E-state index contributed by atoms with van der Waals surface area (Å²) in [7, 11) is 0. The van der Waals surface area contributed by atoms with Crippen LogP contribution in [0.15, 0.2) is 47.4 Å². The van der Waals surface area contributed by atoms with Gasteiger partial charge in [-0.1, -0.05) is 47.5 Å². The minimum Gasteiger partial charge on any atom is -0.121 e.